The van der Waals surface area contributed by atoms with E-state index < -0.39 is 0 Å². The highest BCUT2D eigenvalue weighted by Crippen LogP contribution is 2.32. The van der Waals surface area contributed by atoms with Gasteiger partial charge >= 0.3 is 0 Å². The summed E-state index contributed by atoms with van der Waals surface area (Å²) in [5.74, 6) is 0.649. The molecule has 0 radical (unpaired) electrons. The molecule has 0 fully saturated rings. The molecule has 2 heterocycles. The Labute approximate surface area is 116 Å². The highest BCUT2D eigenvalue weighted by Gasteiger charge is 2.06. The van der Waals surface area contributed by atoms with Crippen LogP contribution in [0.2, 0.25) is 0 Å². The van der Waals surface area contributed by atoms with Crippen LogP contribution in [0.4, 0.5) is 5.69 Å². The second-order valence-corrected chi connectivity index (χ2v) is 5.56. The fourth-order valence-electron chi connectivity index (χ4n) is 1.51. The molecule has 0 aliphatic carbocycles. The minimum absolute atomic E-state index is 0.579. The number of ether oxygens (including phenoxy) is 1. The normalized spacial score (nSPS) is 10.7. The third-order valence-corrected chi connectivity index (χ3v) is 3.61. The third kappa shape index (κ3) is 2.30. The van der Waals surface area contributed by atoms with E-state index in [2.05, 4.69) is 25.9 Å². The summed E-state index contributed by atoms with van der Waals surface area (Å²) in [5, 5.41) is 0.579. The summed E-state index contributed by atoms with van der Waals surface area (Å²) in [7, 11) is 0. The molecule has 3 rings (SSSR count). The van der Waals surface area contributed by atoms with Crippen LogP contribution in [0.15, 0.2) is 41.1 Å². The second kappa shape index (κ2) is 4.55. The first kappa shape index (κ1) is 11.4. The lowest BCUT2D eigenvalue weighted by Gasteiger charge is -2.00. The van der Waals surface area contributed by atoms with Crippen LogP contribution in [0.25, 0.3) is 10.2 Å². The van der Waals surface area contributed by atoms with Crippen LogP contribution in [-0.4, -0.2) is 9.97 Å². The van der Waals surface area contributed by atoms with Gasteiger partial charge in [-0.05, 0) is 40.2 Å². The van der Waals surface area contributed by atoms with E-state index in [0.717, 1.165) is 20.4 Å². The molecule has 0 saturated heterocycles. The first-order valence-electron chi connectivity index (χ1n) is 5.15. The number of halogens is 1. The van der Waals surface area contributed by atoms with E-state index in [1.54, 1.807) is 12.4 Å². The van der Waals surface area contributed by atoms with Gasteiger partial charge in [-0.3, -0.25) is 4.98 Å². The average molecular weight is 322 g/mol. The summed E-state index contributed by atoms with van der Waals surface area (Å²) >= 11 is 4.80. The van der Waals surface area contributed by atoms with Crippen molar-refractivity contribution in [3.63, 3.8) is 0 Å². The lowest BCUT2D eigenvalue weighted by atomic mass is 10.3. The smallest absolute Gasteiger partial charge is 0.279 e. The highest BCUT2D eigenvalue weighted by molar-refractivity contribution is 9.10. The molecule has 0 atom stereocenters. The van der Waals surface area contributed by atoms with Gasteiger partial charge in [-0.2, -0.15) is 0 Å². The number of hydrogen-bond acceptors (Lipinski definition) is 5. The standard InChI is InChI=1S/C12H8BrN3OS/c13-7-3-9(6-15-5-7)17-12-16-10-2-1-8(14)4-11(10)18-12/h1-6H,14H2. The number of fused-ring (bicyclic) bond motifs is 1. The fraction of sp³-hybridized carbons (Fsp3) is 0. The molecule has 2 aromatic heterocycles. The molecule has 0 bridgehead atoms. The van der Waals surface area contributed by atoms with Crippen LogP contribution in [0.5, 0.6) is 10.9 Å². The molecule has 3 aromatic rings. The number of pyridine rings is 1. The fourth-order valence-corrected chi connectivity index (χ4v) is 2.74. The predicted octanol–water partition coefficient (Wildman–Crippen LogP) is 3.83. The van der Waals surface area contributed by atoms with Crippen LogP contribution in [-0.2, 0) is 0 Å². The zero-order valence-electron chi connectivity index (χ0n) is 9.13. The molecule has 90 valence electrons. The summed E-state index contributed by atoms with van der Waals surface area (Å²) in [6, 6.07) is 7.44. The number of nitrogens with two attached hydrogens (primary N) is 1. The molecule has 0 amide bonds. The Hall–Kier alpha value is -1.66. The topological polar surface area (TPSA) is 61.0 Å². The first-order chi connectivity index (χ1) is 8.70. The van der Waals surface area contributed by atoms with Crippen LogP contribution in [0, 0.1) is 0 Å². The lowest BCUT2D eigenvalue weighted by molar-refractivity contribution is 0.477. The third-order valence-electron chi connectivity index (χ3n) is 2.28. The van der Waals surface area contributed by atoms with Gasteiger partial charge in [-0.25, -0.2) is 4.98 Å². The zero-order chi connectivity index (χ0) is 12.5. The first-order valence-corrected chi connectivity index (χ1v) is 6.76. The van der Waals surface area contributed by atoms with E-state index in [4.69, 9.17) is 10.5 Å². The molecule has 0 spiro atoms. The van der Waals surface area contributed by atoms with Crippen molar-refractivity contribution in [3.8, 4) is 10.9 Å². The summed E-state index contributed by atoms with van der Waals surface area (Å²) in [6.45, 7) is 0. The molecule has 0 aliphatic heterocycles. The van der Waals surface area contributed by atoms with Gasteiger partial charge < -0.3 is 10.5 Å². The predicted molar refractivity (Wildman–Crippen MR) is 76.0 cm³/mol. The number of rotatable bonds is 2. The number of thiazole rings is 1. The molecule has 6 heteroatoms. The maximum Gasteiger partial charge on any atom is 0.279 e. The van der Waals surface area contributed by atoms with Crippen molar-refractivity contribution in [1.82, 2.24) is 9.97 Å². The Morgan fingerprint density at radius 1 is 1.22 bits per heavy atom. The molecular weight excluding hydrogens is 314 g/mol. The minimum atomic E-state index is 0.579. The van der Waals surface area contributed by atoms with Gasteiger partial charge in [0.05, 0.1) is 16.4 Å². The molecule has 0 saturated carbocycles. The highest BCUT2D eigenvalue weighted by atomic mass is 79.9. The van der Waals surface area contributed by atoms with Gasteiger partial charge in [-0.1, -0.05) is 11.3 Å². The minimum Gasteiger partial charge on any atom is -0.429 e. The summed E-state index contributed by atoms with van der Waals surface area (Å²) in [4.78, 5) is 8.41. The van der Waals surface area contributed by atoms with E-state index in [1.165, 1.54) is 11.3 Å². The van der Waals surface area contributed by atoms with E-state index in [0.29, 0.717) is 10.9 Å². The summed E-state index contributed by atoms with van der Waals surface area (Å²) in [5.41, 5.74) is 7.33. The van der Waals surface area contributed by atoms with Crippen molar-refractivity contribution in [1.29, 1.82) is 0 Å². The average Bonchev–Trinajstić information content (AvgIpc) is 2.70. The molecule has 1 aromatic carbocycles. The summed E-state index contributed by atoms with van der Waals surface area (Å²) < 4.78 is 7.53. The van der Waals surface area contributed by atoms with Crippen molar-refractivity contribution in [3.05, 3.63) is 41.1 Å². The SMILES string of the molecule is Nc1ccc2nc(Oc3cncc(Br)c3)sc2c1. The van der Waals surface area contributed by atoms with Gasteiger partial charge in [-0.15, -0.1) is 0 Å². The van der Waals surface area contributed by atoms with Crippen LogP contribution in [0.3, 0.4) is 0 Å². The number of aromatic nitrogens is 2. The Bertz CT molecular complexity index is 713. The maximum atomic E-state index is 5.73. The van der Waals surface area contributed by atoms with Crippen LogP contribution >= 0.6 is 27.3 Å². The van der Waals surface area contributed by atoms with E-state index in [9.17, 15) is 0 Å². The van der Waals surface area contributed by atoms with Gasteiger partial charge in [0.15, 0.2) is 0 Å². The summed E-state index contributed by atoms with van der Waals surface area (Å²) in [6.07, 6.45) is 3.34. The van der Waals surface area contributed by atoms with Crippen molar-refractivity contribution < 1.29 is 4.74 Å². The Morgan fingerprint density at radius 3 is 2.94 bits per heavy atom. The Balaban J connectivity index is 1.95. The number of nitrogen functional groups attached to an aromatic ring is 1. The Kier molecular flexibility index (Phi) is 2.89. The van der Waals surface area contributed by atoms with Gasteiger partial charge in [0, 0.05) is 16.4 Å². The largest absolute Gasteiger partial charge is 0.429 e. The number of benzene rings is 1. The van der Waals surface area contributed by atoms with Gasteiger partial charge in [0.25, 0.3) is 5.19 Å². The molecular formula is C12H8BrN3OS. The zero-order valence-corrected chi connectivity index (χ0v) is 11.5. The van der Waals surface area contributed by atoms with E-state index in [1.807, 2.05) is 24.3 Å². The quantitative estimate of drug-likeness (QED) is 0.729. The van der Waals surface area contributed by atoms with Crippen LogP contribution in [0.1, 0.15) is 0 Å². The van der Waals surface area contributed by atoms with Crippen molar-refractivity contribution >= 4 is 43.2 Å². The van der Waals surface area contributed by atoms with E-state index in [-0.39, 0.29) is 0 Å². The van der Waals surface area contributed by atoms with Gasteiger partial charge in [0.2, 0.25) is 0 Å². The van der Waals surface area contributed by atoms with E-state index >= 15 is 0 Å². The Morgan fingerprint density at radius 2 is 2.11 bits per heavy atom. The van der Waals surface area contributed by atoms with Crippen LogP contribution < -0.4 is 10.5 Å². The molecule has 4 nitrogen and oxygen atoms in total. The van der Waals surface area contributed by atoms with Crippen molar-refractivity contribution in [2.45, 2.75) is 0 Å². The maximum absolute atomic E-state index is 5.73. The molecule has 18 heavy (non-hydrogen) atoms. The molecule has 2 N–H and O–H groups in total. The molecule has 0 unspecified atom stereocenters. The number of nitrogens with zero attached hydrogens (tertiary/aromatic N) is 2. The lowest BCUT2D eigenvalue weighted by Crippen LogP contribution is -1.84. The number of anilines is 1. The van der Waals surface area contributed by atoms with Gasteiger partial charge in [0.1, 0.15) is 5.75 Å². The van der Waals surface area contributed by atoms with Crippen molar-refractivity contribution in [2.75, 3.05) is 5.73 Å². The second-order valence-electron chi connectivity index (χ2n) is 3.65. The monoisotopic (exact) mass is 321 g/mol. The number of hydrogen-bond donors (Lipinski definition) is 1. The van der Waals surface area contributed by atoms with Crippen molar-refractivity contribution in [2.24, 2.45) is 0 Å². The molecule has 0 aliphatic rings.